The van der Waals surface area contributed by atoms with Gasteiger partial charge in [0, 0.05) is 19.3 Å². The van der Waals surface area contributed by atoms with E-state index in [-0.39, 0.29) is 31.1 Å². The first-order chi connectivity index (χ1) is 40.0. The van der Waals surface area contributed by atoms with E-state index in [1.54, 1.807) is 0 Å². The standard InChI is InChI=1S/C75H120O6/c1-4-7-10-13-16-19-22-25-27-29-30-31-32-33-34-35-36-37-38-39-40-41-42-43-44-46-47-50-53-56-59-62-65-68-74(77)80-71-72(70-79-73(76)67-64-61-58-55-52-49-24-21-18-15-12-9-6-3)81-75(78)69-66-63-60-57-54-51-48-45-28-26-23-20-17-14-11-8-5-2/h7-8,10-11,16-17,19-20,25-28,30-31,33-34,36-37,39-40,42-43,46-47,53,56,72H,4-6,9,12-15,18,21-24,29,32,35,38,41,44-45,48-52,54-55,57-71H2,1-3H3/b10-7-,11-8-,19-16-,20-17-,27-25-,28-26-,31-30-,34-33-,37-36-,40-39-,43-42-,47-46-,56-53-. The Hall–Kier alpha value is -4.97. The van der Waals surface area contributed by atoms with Crippen LogP contribution < -0.4 is 0 Å². The zero-order chi connectivity index (χ0) is 58.5. The maximum atomic E-state index is 12.9. The van der Waals surface area contributed by atoms with Gasteiger partial charge in [-0.25, -0.2) is 0 Å². The highest BCUT2D eigenvalue weighted by Gasteiger charge is 2.19. The lowest BCUT2D eigenvalue weighted by molar-refractivity contribution is -0.167. The smallest absolute Gasteiger partial charge is 0.306 e. The maximum absolute atomic E-state index is 12.9. The molecule has 81 heavy (non-hydrogen) atoms. The highest BCUT2D eigenvalue weighted by atomic mass is 16.6. The van der Waals surface area contributed by atoms with Crippen LogP contribution in [0.25, 0.3) is 0 Å². The number of unbranched alkanes of at least 4 members (excludes halogenated alkanes) is 21. The SMILES string of the molecule is CC/C=C\C/C=C\C/C=C\C/C=C\C/C=C\C/C=C\C/C=C\C/C=C\C/C=C\C/C=C\CCCCC(=O)OCC(COC(=O)CCCCCCCCCCCCCCC)OC(=O)CCCCCCCCC/C=C\C/C=C\C/C=C\CC. The zero-order valence-electron chi connectivity index (χ0n) is 52.2. The molecule has 0 amide bonds. The van der Waals surface area contributed by atoms with E-state index in [9.17, 15) is 14.4 Å². The Balaban J connectivity index is 4.40. The van der Waals surface area contributed by atoms with E-state index in [1.807, 2.05) is 0 Å². The lowest BCUT2D eigenvalue weighted by Crippen LogP contribution is -2.30. The summed E-state index contributed by atoms with van der Waals surface area (Å²) in [4.78, 5) is 38.3. The summed E-state index contributed by atoms with van der Waals surface area (Å²) >= 11 is 0. The van der Waals surface area contributed by atoms with Gasteiger partial charge in [-0.3, -0.25) is 14.4 Å². The van der Waals surface area contributed by atoms with E-state index < -0.39 is 6.10 Å². The van der Waals surface area contributed by atoms with E-state index in [2.05, 4.69) is 179 Å². The van der Waals surface area contributed by atoms with Crippen molar-refractivity contribution in [3.05, 3.63) is 158 Å². The average molecular weight is 1120 g/mol. The van der Waals surface area contributed by atoms with E-state index >= 15 is 0 Å². The summed E-state index contributed by atoms with van der Waals surface area (Å²) in [6.07, 6.45) is 98.3. The Kier molecular flexibility index (Phi) is 63.4. The topological polar surface area (TPSA) is 78.9 Å². The third-order valence-corrected chi connectivity index (χ3v) is 13.5. The molecule has 0 fully saturated rings. The van der Waals surface area contributed by atoms with Crippen molar-refractivity contribution in [2.75, 3.05) is 13.2 Å². The Labute approximate surface area is 499 Å². The van der Waals surface area contributed by atoms with E-state index in [0.717, 1.165) is 141 Å². The number of allylic oxidation sites excluding steroid dienone is 26. The molecule has 0 aliphatic rings. The van der Waals surface area contributed by atoms with Gasteiger partial charge >= 0.3 is 17.9 Å². The van der Waals surface area contributed by atoms with Crippen LogP contribution in [0.2, 0.25) is 0 Å². The van der Waals surface area contributed by atoms with E-state index in [0.29, 0.717) is 25.7 Å². The third kappa shape index (κ3) is 65.7. The molecule has 1 atom stereocenters. The minimum atomic E-state index is -0.807. The van der Waals surface area contributed by atoms with Crippen molar-refractivity contribution < 1.29 is 28.6 Å². The summed E-state index contributed by atoms with van der Waals surface area (Å²) in [5, 5.41) is 0. The second-order valence-corrected chi connectivity index (χ2v) is 21.3. The largest absolute Gasteiger partial charge is 0.462 e. The monoisotopic (exact) mass is 1120 g/mol. The summed E-state index contributed by atoms with van der Waals surface area (Å²) in [7, 11) is 0. The number of rotatable bonds is 58. The molecule has 0 aromatic rings. The van der Waals surface area contributed by atoms with Crippen molar-refractivity contribution in [3.63, 3.8) is 0 Å². The van der Waals surface area contributed by atoms with Gasteiger partial charge in [0.15, 0.2) is 6.10 Å². The van der Waals surface area contributed by atoms with Crippen LogP contribution in [0.15, 0.2) is 158 Å². The van der Waals surface area contributed by atoms with Crippen LogP contribution in [-0.2, 0) is 28.6 Å². The molecule has 0 bridgehead atoms. The van der Waals surface area contributed by atoms with Crippen molar-refractivity contribution in [1.29, 1.82) is 0 Å². The normalized spacial score (nSPS) is 13.2. The summed E-state index contributed by atoms with van der Waals surface area (Å²) < 4.78 is 16.9. The molecule has 0 aliphatic carbocycles. The van der Waals surface area contributed by atoms with E-state index in [1.165, 1.54) is 89.9 Å². The minimum absolute atomic E-state index is 0.0992. The maximum Gasteiger partial charge on any atom is 0.306 e. The minimum Gasteiger partial charge on any atom is -0.462 e. The first-order valence-corrected chi connectivity index (χ1v) is 33.0. The van der Waals surface area contributed by atoms with Gasteiger partial charge in [0.25, 0.3) is 0 Å². The molecule has 0 saturated carbocycles. The number of carbonyl (C=O) groups is 3. The summed E-state index contributed by atoms with van der Waals surface area (Å²) in [5.41, 5.74) is 0. The van der Waals surface area contributed by atoms with Crippen molar-refractivity contribution in [2.24, 2.45) is 0 Å². The molecule has 0 aromatic heterocycles. The number of hydrogen-bond donors (Lipinski definition) is 0. The van der Waals surface area contributed by atoms with E-state index in [4.69, 9.17) is 14.2 Å². The molecule has 0 aliphatic heterocycles. The van der Waals surface area contributed by atoms with Crippen molar-refractivity contribution in [1.82, 2.24) is 0 Å². The van der Waals surface area contributed by atoms with Gasteiger partial charge in [-0.15, -0.1) is 0 Å². The van der Waals surface area contributed by atoms with Crippen molar-refractivity contribution in [3.8, 4) is 0 Å². The molecule has 0 heterocycles. The summed E-state index contributed by atoms with van der Waals surface area (Å²) in [5.74, 6) is -0.955. The van der Waals surface area contributed by atoms with Gasteiger partial charge in [0.1, 0.15) is 13.2 Å². The zero-order valence-corrected chi connectivity index (χ0v) is 52.2. The quantitative estimate of drug-likeness (QED) is 0.0261. The van der Waals surface area contributed by atoms with Crippen LogP contribution in [0.4, 0.5) is 0 Å². The number of ether oxygens (including phenoxy) is 3. The van der Waals surface area contributed by atoms with Gasteiger partial charge in [-0.1, -0.05) is 288 Å². The molecule has 0 aromatic carbocycles. The molecule has 456 valence electrons. The van der Waals surface area contributed by atoms with Crippen LogP contribution in [0.5, 0.6) is 0 Å². The number of carbonyl (C=O) groups excluding carboxylic acids is 3. The molecular formula is C75H120O6. The Morgan fingerprint density at radius 3 is 0.778 bits per heavy atom. The lowest BCUT2D eigenvalue weighted by atomic mass is 10.0. The molecular weight excluding hydrogens is 997 g/mol. The van der Waals surface area contributed by atoms with Gasteiger partial charge in [-0.2, -0.15) is 0 Å². The molecule has 0 saturated heterocycles. The third-order valence-electron chi connectivity index (χ3n) is 13.5. The van der Waals surface area contributed by atoms with Gasteiger partial charge in [0.2, 0.25) is 0 Å². The highest BCUT2D eigenvalue weighted by molar-refractivity contribution is 5.71. The molecule has 0 spiro atoms. The molecule has 0 radical (unpaired) electrons. The van der Waals surface area contributed by atoms with Crippen LogP contribution >= 0.6 is 0 Å². The number of esters is 3. The van der Waals surface area contributed by atoms with Gasteiger partial charge < -0.3 is 14.2 Å². The fourth-order valence-corrected chi connectivity index (χ4v) is 8.66. The molecule has 0 rings (SSSR count). The lowest BCUT2D eigenvalue weighted by Gasteiger charge is -2.18. The average Bonchev–Trinajstić information content (AvgIpc) is 3.46. The predicted molar refractivity (Wildman–Crippen MR) is 352 cm³/mol. The second-order valence-electron chi connectivity index (χ2n) is 21.3. The predicted octanol–water partition coefficient (Wildman–Crippen LogP) is 22.9. The summed E-state index contributed by atoms with van der Waals surface area (Å²) in [6.45, 7) is 6.37. The molecule has 6 nitrogen and oxygen atoms in total. The summed E-state index contributed by atoms with van der Waals surface area (Å²) in [6, 6.07) is 0. The molecule has 6 heteroatoms. The fourth-order valence-electron chi connectivity index (χ4n) is 8.66. The Bertz CT molecular complexity index is 1810. The Morgan fingerprint density at radius 1 is 0.259 bits per heavy atom. The Morgan fingerprint density at radius 2 is 0.481 bits per heavy atom. The fraction of sp³-hybridized carbons (Fsp3) is 0.613. The first kappa shape index (κ1) is 76.0. The van der Waals surface area contributed by atoms with Crippen molar-refractivity contribution in [2.45, 2.75) is 284 Å². The van der Waals surface area contributed by atoms with Gasteiger partial charge in [-0.05, 0) is 128 Å². The highest BCUT2D eigenvalue weighted by Crippen LogP contribution is 2.15. The van der Waals surface area contributed by atoms with Gasteiger partial charge in [0.05, 0.1) is 0 Å². The van der Waals surface area contributed by atoms with Crippen molar-refractivity contribution >= 4 is 17.9 Å². The van der Waals surface area contributed by atoms with Crippen LogP contribution in [0.3, 0.4) is 0 Å². The number of hydrogen-bond acceptors (Lipinski definition) is 6. The molecule has 0 N–H and O–H groups in total. The van der Waals surface area contributed by atoms with Crippen LogP contribution in [-0.4, -0.2) is 37.2 Å². The second kappa shape index (κ2) is 67.5. The van der Waals surface area contributed by atoms with Crippen LogP contribution in [0.1, 0.15) is 278 Å². The van der Waals surface area contributed by atoms with Crippen LogP contribution in [0, 0.1) is 0 Å². The first-order valence-electron chi connectivity index (χ1n) is 33.0. The molecule has 1 unspecified atom stereocenters.